The minimum absolute atomic E-state index is 0.532. The van der Waals surface area contributed by atoms with E-state index in [-0.39, 0.29) is 0 Å². The lowest BCUT2D eigenvalue weighted by atomic mass is 10.0. The Morgan fingerprint density at radius 2 is 1.94 bits per heavy atom. The molecular weight excluding hydrogens is 228 g/mol. The molecular formula is C13H22N4O. The topological polar surface area (TPSA) is 99.4 Å². The zero-order chi connectivity index (χ0) is 13.9. The van der Waals surface area contributed by atoms with E-state index in [4.69, 9.17) is 16.9 Å². The number of nitrogens with zero attached hydrogens (tertiary/aromatic N) is 1. The highest BCUT2D eigenvalue weighted by molar-refractivity contribution is 5.90. The second-order valence-corrected chi connectivity index (χ2v) is 5.17. The second kappa shape index (κ2) is 5.27. The van der Waals surface area contributed by atoms with Crippen LogP contribution in [0, 0.1) is 5.41 Å². The largest absolute Gasteiger partial charge is 0.398 e. The van der Waals surface area contributed by atoms with Crippen LogP contribution in [-0.2, 0) is 0 Å². The fourth-order valence-corrected chi connectivity index (χ4v) is 1.66. The zero-order valence-electron chi connectivity index (χ0n) is 11.2. The van der Waals surface area contributed by atoms with Crippen LogP contribution in [-0.4, -0.2) is 30.5 Å². The molecule has 0 aliphatic carbocycles. The number of nitrogen functional groups attached to an aromatic ring is 2. The number of nitrogens with one attached hydrogen (secondary N) is 1. The van der Waals surface area contributed by atoms with Crippen molar-refractivity contribution in [2.24, 2.45) is 0 Å². The summed E-state index contributed by atoms with van der Waals surface area (Å²) >= 11 is 0. The number of hydrogen-bond donors (Lipinski definition) is 4. The van der Waals surface area contributed by atoms with Gasteiger partial charge in [0.15, 0.2) is 0 Å². The van der Waals surface area contributed by atoms with Crippen LogP contribution in [0.15, 0.2) is 12.1 Å². The summed E-state index contributed by atoms with van der Waals surface area (Å²) in [5, 5.41) is 16.9. The average Bonchev–Trinajstić information content (AvgIpc) is 2.27. The second-order valence-electron chi connectivity index (χ2n) is 5.17. The van der Waals surface area contributed by atoms with Crippen molar-refractivity contribution in [2.45, 2.75) is 25.9 Å². The summed E-state index contributed by atoms with van der Waals surface area (Å²) < 4.78 is 0. The fraction of sp³-hybridized carbons (Fsp3) is 0.462. The van der Waals surface area contributed by atoms with Crippen LogP contribution in [0.5, 0.6) is 0 Å². The summed E-state index contributed by atoms with van der Waals surface area (Å²) in [7, 11) is 1.90. The Balaban J connectivity index is 2.89. The lowest BCUT2D eigenvalue weighted by Crippen LogP contribution is -2.28. The van der Waals surface area contributed by atoms with Crippen LogP contribution in [0.3, 0.4) is 0 Å². The van der Waals surface area contributed by atoms with Crippen molar-refractivity contribution in [3.8, 4) is 0 Å². The Bertz CT molecular complexity index is 437. The lowest BCUT2D eigenvalue weighted by molar-refractivity contribution is 0.0734. The fourth-order valence-electron chi connectivity index (χ4n) is 1.66. The molecule has 100 valence electrons. The minimum atomic E-state index is -0.705. The van der Waals surface area contributed by atoms with Crippen LogP contribution in [0.4, 0.5) is 17.1 Å². The SMILES string of the molecule is CN(CCC(C)(C)O)c1cc(N)c(C=N)cc1N. The molecule has 0 saturated heterocycles. The Hall–Kier alpha value is -1.75. The number of nitrogens with two attached hydrogens (primary N) is 2. The van der Waals surface area contributed by atoms with Gasteiger partial charge in [0.2, 0.25) is 0 Å². The minimum Gasteiger partial charge on any atom is -0.398 e. The first kappa shape index (κ1) is 14.3. The molecule has 0 saturated carbocycles. The summed E-state index contributed by atoms with van der Waals surface area (Å²) in [5.74, 6) is 0. The molecule has 5 heteroatoms. The maximum absolute atomic E-state index is 9.71. The quantitative estimate of drug-likeness (QED) is 0.469. The molecule has 0 amide bonds. The van der Waals surface area contributed by atoms with Gasteiger partial charge in [0, 0.05) is 31.1 Å². The molecule has 6 N–H and O–H groups in total. The molecule has 0 spiro atoms. The first-order valence-electron chi connectivity index (χ1n) is 5.87. The van der Waals surface area contributed by atoms with Crippen LogP contribution in [0.2, 0.25) is 0 Å². The molecule has 0 fully saturated rings. The van der Waals surface area contributed by atoms with E-state index in [1.807, 2.05) is 11.9 Å². The zero-order valence-corrected chi connectivity index (χ0v) is 11.2. The molecule has 0 bridgehead atoms. The molecule has 0 aliphatic heterocycles. The van der Waals surface area contributed by atoms with Gasteiger partial charge in [0.1, 0.15) is 0 Å². The highest BCUT2D eigenvalue weighted by Crippen LogP contribution is 2.28. The summed E-state index contributed by atoms with van der Waals surface area (Å²) in [6.45, 7) is 4.23. The van der Waals surface area contributed by atoms with E-state index < -0.39 is 5.60 Å². The van der Waals surface area contributed by atoms with E-state index in [0.717, 1.165) is 5.69 Å². The van der Waals surface area contributed by atoms with Crippen molar-refractivity contribution in [2.75, 3.05) is 30.0 Å². The highest BCUT2D eigenvalue weighted by atomic mass is 16.3. The summed E-state index contributed by atoms with van der Waals surface area (Å²) in [4.78, 5) is 1.96. The van der Waals surface area contributed by atoms with E-state index in [0.29, 0.717) is 29.9 Å². The first-order chi connectivity index (χ1) is 8.24. The van der Waals surface area contributed by atoms with Crippen molar-refractivity contribution in [1.82, 2.24) is 0 Å². The Morgan fingerprint density at radius 1 is 1.33 bits per heavy atom. The average molecular weight is 250 g/mol. The maximum Gasteiger partial charge on any atom is 0.0618 e. The molecule has 0 radical (unpaired) electrons. The molecule has 1 aromatic carbocycles. The van der Waals surface area contributed by atoms with Crippen LogP contribution in [0.1, 0.15) is 25.8 Å². The number of anilines is 3. The number of benzene rings is 1. The summed E-state index contributed by atoms with van der Waals surface area (Å²) in [6, 6.07) is 3.46. The van der Waals surface area contributed by atoms with Gasteiger partial charge in [-0.25, -0.2) is 0 Å². The number of aliphatic hydroxyl groups is 1. The van der Waals surface area contributed by atoms with Gasteiger partial charge in [-0.1, -0.05) is 0 Å². The van der Waals surface area contributed by atoms with Crippen molar-refractivity contribution >= 4 is 23.3 Å². The summed E-state index contributed by atoms with van der Waals surface area (Å²) in [5.41, 5.74) is 13.6. The smallest absolute Gasteiger partial charge is 0.0618 e. The van der Waals surface area contributed by atoms with Gasteiger partial charge in [-0.05, 0) is 32.4 Å². The van der Waals surface area contributed by atoms with Crippen molar-refractivity contribution in [1.29, 1.82) is 5.41 Å². The van der Waals surface area contributed by atoms with Crippen molar-refractivity contribution in [3.63, 3.8) is 0 Å². The Kier molecular flexibility index (Phi) is 4.19. The molecule has 0 heterocycles. The lowest BCUT2D eigenvalue weighted by Gasteiger charge is -2.26. The van der Waals surface area contributed by atoms with Gasteiger partial charge in [0.05, 0.1) is 17.0 Å². The third kappa shape index (κ3) is 3.63. The Morgan fingerprint density at radius 3 is 2.44 bits per heavy atom. The van der Waals surface area contributed by atoms with Gasteiger partial charge in [-0.15, -0.1) is 0 Å². The van der Waals surface area contributed by atoms with E-state index >= 15 is 0 Å². The predicted octanol–water partition coefficient (Wildman–Crippen LogP) is 1.45. The highest BCUT2D eigenvalue weighted by Gasteiger charge is 2.15. The Labute approximate surface area is 108 Å². The van der Waals surface area contributed by atoms with Gasteiger partial charge in [-0.2, -0.15) is 0 Å². The molecule has 0 atom stereocenters. The van der Waals surface area contributed by atoms with Gasteiger partial charge >= 0.3 is 0 Å². The molecule has 0 aromatic heterocycles. The number of rotatable bonds is 5. The van der Waals surface area contributed by atoms with Gasteiger partial charge in [-0.3, -0.25) is 0 Å². The molecule has 1 rings (SSSR count). The van der Waals surface area contributed by atoms with Crippen molar-refractivity contribution < 1.29 is 5.11 Å². The molecule has 0 unspecified atom stereocenters. The standard InChI is InChI=1S/C13H22N4O/c1-13(2,18)4-5-17(3)12-7-10(15)9(8-14)6-11(12)16/h6-8,14,18H,4-5,15-16H2,1-3H3. The van der Waals surface area contributed by atoms with E-state index in [1.165, 1.54) is 6.21 Å². The van der Waals surface area contributed by atoms with E-state index in [9.17, 15) is 5.11 Å². The third-order valence-corrected chi connectivity index (χ3v) is 2.86. The number of hydrogen-bond acceptors (Lipinski definition) is 5. The van der Waals surface area contributed by atoms with Crippen LogP contribution >= 0.6 is 0 Å². The normalized spacial score (nSPS) is 11.3. The predicted molar refractivity (Wildman–Crippen MR) is 77.3 cm³/mol. The molecule has 5 nitrogen and oxygen atoms in total. The van der Waals surface area contributed by atoms with Gasteiger partial charge in [0.25, 0.3) is 0 Å². The van der Waals surface area contributed by atoms with Crippen LogP contribution in [0.25, 0.3) is 0 Å². The van der Waals surface area contributed by atoms with E-state index in [2.05, 4.69) is 0 Å². The molecule has 0 aliphatic rings. The molecule has 1 aromatic rings. The monoisotopic (exact) mass is 250 g/mol. The molecule has 18 heavy (non-hydrogen) atoms. The van der Waals surface area contributed by atoms with Crippen molar-refractivity contribution in [3.05, 3.63) is 17.7 Å². The first-order valence-corrected chi connectivity index (χ1v) is 5.87. The van der Waals surface area contributed by atoms with Gasteiger partial charge < -0.3 is 26.9 Å². The summed E-state index contributed by atoms with van der Waals surface area (Å²) in [6.07, 6.45) is 1.82. The van der Waals surface area contributed by atoms with Crippen LogP contribution < -0.4 is 16.4 Å². The maximum atomic E-state index is 9.71. The van der Waals surface area contributed by atoms with E-state index in [1.54, 1.807) is 26.0 Å². The third-order valence-electron chi connectivity index (χ3n) is 2.86.